The Hall–Kier alpha value is -2.34. The normalized spacial score (nSPS) is 17.6. The Labute approximate surface area is 155 Å². The summed E-state index contributed by atoms with van der Waals surface area (Å²) in [5, 5.41) is 10.4. The number of nitrogens with zero attached hydrogens (tertiary/aromatic N) is 2. The van der Waals surface area contributed by atoms with Gasteiger partial charge in [0.15, 0.2) is 11.5 Å². The molecule has 0 spiro atoms. The number of ether oxygens (including phenoxy) is 1. The average molecular weight is 360 g/mol. The molecule has 1 atom stereocenters. The van der Waals surface area contributed by atoms with Gasteiger partial charge in [0.05, 0.1) is 18.2 Å². The summed E-state index contributed by atoms with van der Waals surface area (Å²) in [4.78, 5) is 28.9. The van der Waals surface area contributed by atoms with Crippen molar-refractivity contribution in [2.75, 3.05) is 33.8 Å². The molecule has 1 heterocycles. The number of rotatable bonds is 8. The van der Waals surface area contributed by atoms with Crippen molar-refractivity contribution in [3.8, 4) is 5.75 Å². The van der Waals surface area contributed by atoms with Gasteiger partial charge >= 0.3 is 0 Å². The molecule has 0 aliphatic carbocycles. The Bertz CT molecular complexity index is 710. The second-order valence-electron chi connectivity index (χ2n) is 6.99. The Morgan fingerprint density at radius 1 is 1.35 bits per heavy atom. The highest BCUT2D eigenvalue weighted by molar-refractivity contribution is 6.09. The topological polar surface area (TPSA) is 70.1 Å². The monoisotopic (exact) mass is 360 g/mol. The zero-order valence-electron chi connectivity index (χ0n) is 16.2. The van der Waals surface area contributed by atoms with Crippen LogP contribution in [0.5, 0.6) is 5.75 Å². The van der Waals surface area contributed by atoms with Gasteiger partial charge in [-0.1, -0.05) is 26.0 Å². The van der Waals surface area contributed by atoms with E-state index in [0.29, 0.717) is 25.4 Å². The van der Waals surface area contributed by atoms with Crippen LogP contribution in [0.2, 0.25) is 0 Å². The Morgan fingerprint density at radius 2 is 2.04 bits per heavy atom. The minimum Gasteiger partial charge on any atom is -0.503 e. The van der Waals surface area contributed by atoms with E-state index in [1.165, 1.54) is 0 Å². The number of amides is 1. The van der Waals surface area contributed by atoms with Crippen LogP contribution < -0.4 is 4.74 Å². The molecule has 0 saturated heterocycles. The van der Waals surface area contributed by atoms with E-state index < -0.39 is 17.7 Å². The molecule has 0 saturated carbocycles. The summed E-state index contributed by atoms with van der Waals surface area (Å²) in [6, 6.07) is 6.76. The zero-order valence-corrected chi connectivity index (χ0v) is 16.2. The third-order valence-electron chi connectivity index (χ3n) is 4.37. The predicted octanol–water partition coefficient (Wildman–Crippen LogP) is 2.57. The molecule has 1 aromatic rings. The molecule has 6 nitrogen and oxygen atoms in total. The van der Waals surface area contributed by atoms with Crippen molar-refractivity contribution in [2.45, 2.75) is 26.8 Å². The van der Waals surface area contributed by atoms with Crippen molar-refractivity contribution in [1.29, 1.82) is 0 Å². The highest BCUT2D eigenvalue weighted by Gasteiger charge is 2.43. The summed E-state index contributed by atoms with van der Waals surface area (Å²) in [5.41, 5.74) is 0.938. The summed E-state index contributed by atoms with van der Waals surface area (Å²) in [5.74, 6) is -0.786. The van der Waals surface area contributed by atoms with Crippen LogP contribution >= 0.6 is 0 Å². The van der Waals surface area contributed by atoms with Gasteiger partial charge in [-0.25, -0.2) is 0 Å². The number of hydrogen-bond donors (Lipinski definition) is 1. The van der Waals surface area contributed by atoms with E-state index in [4.69, 9.17) is 4.74 Å². The number of carbonyl (C=O) groups excluding carboxylic acids is 2. The van der Waals surface area contributed by atoms with Crippen LogP contribution in [-0.4, -0.2) is 60.4 Å². The van der Waals surface area contributed by atoms with E-state index in [0.717, 1.165) is 5.56 Å². The summed E-state index contributed by atoms with van der Waals surface area (Å²) < 4.78 is 5.56. The molecule has 2 rings (SSSR count). The highest BCUT2D eigenvalue weighted by atomic mass is 16.5. The minimum atomic E-state index is -0.599. The number of likely N-dealkylation sites (N-methyl/N-ethyl adjacent to an activating group) is 1. The summed E-state index contributed by atoms with van der Waals surface area (Å²) in [7, 11) is 3.83. The van der Waals surface area contributed by atoms with Gasteiger partial charge in [0, 0.05) is 19.0 Å². The van der Waals surface area contributed by atoms with Crippen molar-refractivity contribution < 1.29 is 19.4 Å². The number of benzene rings is 1. The van der Waals surface area contributed by atoms with Gasteiger partial charge in [-0.05, 0) is 38.7 Å². The lowest BCUT2D eigenvalue weighted by Gasteiger charge is -2.28. The van der Waals surface area contributed by atoms with Crippen LogP contribution in [0.4, 0.5) is 0 Å². The predicted molar refractivity (Wildman–Crippen MR) is 100 cm³/mol. The van der Waals surface area contributed by atoms with Gasteiger partial charge in [0.25, 0.3) is 5.91 Å². The van der Waals surface area contributed by atoms with Crippen LogP contribution in [0.15, 0.2) is 35.6 Å². The number of hydrogen-bond acceptors (Lipinski definition) is 5. The van der Waals surface area contributed by atoms with Crippen LogP contribution in [0.3, 0.4) is 0 Å². The standard InChI is InChI=1S/C20H28N2O4/c1-6-26-15-9-7-8-14(12-15)17-16(18(23)13(2)3)19(24)20(25)22(17)11-10-21(4)5/h7-9,12-13,17,24H,6,10-11H2,1-5H3. The van der Waals surface area contributed by atoms with Gasteiger partial charge in [-0.2, -0.15) is 0 Å². The number of carbonyl (C=O) groups is 2. The van der Waals surface area contributed by atoms with Crippen molar-refractivity contribution >= 4 is 11.7 Å². The molecule has 26 heavy (non-hydrogen) atoms. The minimum absolute atomic E-state index is 0.178. The zero-order chi connectivity index (χ0) is 19.4. The molecule has 1 unspecified atom stereocenters. The first-order valence-electron chi connectivity index (χ1n) is 8.93. The van der Waals surface area contributed by atoms with Crippen molar-refractivity contribution in [3.63, 3.8) is 0 Å². The number of ketones is 1. The molecule has 1 N–H and O–H groups in total. The van der Waals surface area contributed by atoms with E-state index in [1.54, 1.807) is 18.7 Å². The summed E-state index contributed by atoms with van der Waals surface area (Å²) in [6.07, 6.45) is 0. The van der Waals surface area contributed by atoms with Crippen molar-refractivity contribution in [1.82, 2.24) is 9.80 Å². The molecule has 142 valence electrons. The Balaban J connectivity index is 2.50. The summed E-state index contributed by atoms with van der Waals surface area (Å²) >= 11 is 0. The maximum Gasteiger partial charge on any atom is 0.290 e. The molecule has 1 aliphatic rings. The van der Waals surface area contributed by atoms with Crippen LogP contribution in [0.25, 0.3) is 0 Å². The second kappa shape index (κ2) is 8.36. The first-order chi connectivity index (χ1) is 12.3. The third kappa shape index (κ3) is 4.07. The Kier molecular flexibility index (Phi) is 6.42. The van der Waals surface area contributed by atoms with Gasteiger partial charge < -0.3 is 19.6 Å². The fraction of sp³-hybridized carbons (Fsp3) is 0.500. The molecular formula is C20H28N2O4. The number of aliphatic hydroxyl groups is 1. The lowest BCUT2D eigenvalue weighted by atomic mass is 9.91. The largest absolute Gasteiger partial charge is 0.503 e. The molecule has 1 aliphatic heterocycles. The first kappa shape index (κ1) is 20.0. The van der Waals surface area contributed by atoms with E-state index in [1.807, 2.05) is 50.2 Å². The van der Waals surface area contributed by atoms with Crippen LogP contribution in [0.1, 0.15) is 32.4 Å². The Morgan fingerprint density at radius 3 is 2.62 bits per heavy atom. The van der Waals surface area contributed by atoms with Crippen LogP contribution in [-0.2, 0) is 9.59 Å². The van der Waals surface area contributed by atoms with Crippen LogP contribution in [0, 0.1) is 5.92 Å². The van der Waals surface area contributed by atoms with Gasteiger partial charge in [-0.15, -0.1) is 0 Å². The number of aliphatic hydroxyl groups excluding tert-OH is 1. The molecule has 0 fully saturated rings. The lowest BCUT2D eigenvalue weighted by Crippen LogP contribution is -2.36. The third-order valence-corrected chi connectivity index (χ3v) is 4.37. The SMILES string of the molecule is CCOc1cccc(C2C(C(=O)C(C)C)=C(O)C(=O)N2CCN(C)C)c1. The molecule has 1 amide bonds. The molecule has 0 radical (unpaired) electrons. The van der Waals surface area contributed by atoms with E-state index in [-0.39, 0.29) is 17.3 Å². The highest BCUT2D eigenvalue weighted by Crippen LogP contribution is 2.39. The average Bonchev–Trinajstić information content (AvgIpc) is 2.84. The quantitative estimate of drug-likeness (QED) is 0.772. The maximum absolute atomic E-state index is 12.7. The maximum atomic E-state index is 12.7. The molecule has 6 heteroatoms. The van der Waals surface area contributed by atoms with E-state index in [2.05, 4.69) is 0 Å². The van der Waals surface area contributed by atoms with E-state index in [9.17, 15) is 14.7 Å². The fourth-order valence-corrected chi connectivity index (χ4v) is 3.04. The van der Waals surface area contributed by atoms with Crippen molar-refractivity contribution in [2.24, 2.45) is 5.92 Å². The molecule has 0 aromatic heterocycles. The molecular weight excluding hydrogens is 332 g/mol. The molecule has 0 bridgehead atoms. The molecule has 1 aromatic carbocycles. The lowest BCUT2D eigenvalue weighted by molar-refractivity contribution is -0.129. The van der Waals surface area contributed by atoms with Gasteiger partial charge in [0.2, 0.25) is 0 Å². The number of Topliss-reactive ketones (excluding diaryl/α,β-unsaturated/α-hetero) is 1. The van der Waals surface area contributed by atoms with Crippen molar-refractivity contribution in [3.05, 3.63) is 41.2 Å². The smallest absolute Gasteiger partial charge is 0.290 e. The first-order valence-corrected chi connectivity index (χ1v) is 8.93. The van der Waals surface area contributed by atoms with Gasteiger partial charge in [-0.3, -0.25) is 9.59 Å². The van der Waals surface area contributed by atoms with Gasteiger partial charge in [0.1, 0.15) is 5.75 Å². The second-order valence-corrected chi connectivity index (χ2v) is 6.99. The van der Waals surface area contributed by atoms with E-state index >= 15 is 0 Å². The fourth-order valence-electron chi connectivity index (χ4n) is 3.04. The summed E-state index contributed by atoms with van der Waals surface area (Å²) in [6.45, 7) is 7.00.